The minimum absolute atomic E-state index is 0.0682. The van der Waals surface area contributed by atoms with E-state index in [-0.39, 0.29) is 17.8 Å². The molecule has 1 fully saturated rings. The fraction of sp³-hybridized carbons (Fsp3) is 0.346. The molecule has 2 N–H and O–H groups in total. The number of fused-ring (bicyclic) bond motifs is 1. The second-order valence-electron chi connectivity index (χ2n) is 9.15. The predicted molar refractivity (Wildman–Crippen MR) is 131 cm³/mol. The first-order valence-corrected chi connectivity index (χ1v) is 11.8. The Morgan fingerprint density at radius 2 is 1.83 bits per heavy atom. The number of hydrogen-bond acceptors (Lipinski definition) is 6. The van der Waals surface area contributed by atoms with Gasteiger partial charge >= 0.3 is 6.18 Å². The molecule has 0 radical (unpaired) electrons. The number of carbonyl (C=O) groups is 1. The van der Waals surface area contributed by atoms with Gasteiger partial charge in [-0.3, -0.25) is 4.79 Å². The molecule has 0 bridgehead atoms. The molecule has 1 aromatic heterocycles. The smallest absolute Gasteiger partial charge is 0.380 e. The molecular weight excluding hydrogens is 471 g/mol. The highest BCUT2D eigenvalue weighted by Gasteiger charge is 2.31. The number of aromatic nitrogens is 2. The molecule has 0 saturated carbocycles. The van der Waals surface area contributed by atoms with Gasteiger partial charge in [0, 0.05) is 42.9 Å². The molecule has 5 rings (SSSR count). The molecule has 2 unspecified atom stereocenters. The zero-order valence-electron chi connectivity index (χ0n) is 19.9. The summed E-state index contributed by atoms with van der Waals surface area (Å²) in [7, 11) is 0. The second-order valence-corrected chi connectivity index (χ2v) is 9.15. The van der Waals surface area contributed by atoms with Crippen LogP contribution < -0.4 is 15.5 Å². The molecule has 2 aliphatic rings. The van der Waals surface area contributed by atoms with Crippen LogP contribution >= 0.6 is 0 Å². The Morgan fingerprint density at radius 1 is 1.08 bits per heavy atom. The van der Waals surface area contributed by atoms with Crippen molar-refractivity contribution < 1.29 is 22.7 Å². The van der Waals surface area contributed by atoms with Crippen molar-refractivity contribution in [2.75, 3.05) is 35.2 Å². The summed E-state index contributed by atoms with van der Waals surface area (Å²) in [6.07, 6.45) is -3.61. The number of amides is 1. The zero-order valence-corrected chi connectivity index (χ0v) is 19.9. The number of alkyl halides is 3. The van der Waals surface area contributed by atoms with Crippen molar-refractivity contribution in [3.8, 4) is 11.4 Å². The molecule has 3 heterocycles. The van der Waals surface area contributed by atoms with E-state index in [1.165, 1.54) is 12.1 Å². The summed E-state index contributed by atoms with van der Waals surface area (Å²) in [4.78, 5) is 24.5. The van der Waals surface area contributed by atoms with Gasteiger partial charge in [-0.2, -0.15) is 13.2 Å². The number of anilines is 3. The number of ether oxygens (including phenoxy) is 1. The van der Waals surface area contributed by atoms with Crippen LogP contribution in [0.3, 0.4) is 0 Å². The SMILES string of the molecule is CC1CN(c2nc(-c3cccc(NC(=O)c4cccc(C(F)(F)F)c4)c3)nc3c2NCC3)CC(C)O1. The lowest BCUT2D eigenvalue weighted by molar-refractivity contribution is -0.137. The van der Waals surface area contributed by atoms with Gasteiger partial charge in [0.1, 0.15) is 0 Å². The van der Waals surface area contributed by atoms with Crippen LogP contribution in [0.15, 0.2) is 48.5 Å². The molecule has 2 atom stereocenters. The molecule has 0 aliphatic carbocycles. The Labute approximate surface area is 206 Å². The van der Waals surface area contributed by atoms with Crippen LogP contribution in [0.5, 0.6) is 0 Å². The average Bonchev–Trinajstić information content (AvgIpc) is 3.31. The fourth-order valence-corrected chi connectivity index (χ4v) is 4.65. The summed E-state index contributed by atoms with van der Waals surface area (Å²) in [5, 5.41) is 6.09. The largest absolute Gasteiger partial charge is 0.416 e. The van der Waals surface area contributed by atoms with Crippen molar-refractivity contribution in [1.29, 1.82) is 0 Å². The Hall–Kier alpha value is -3.66. The number of halogens is 3. The van der Waals surface area contributed by atoms with Crippen LogP contribution in [0.2, 0.25) is 0 Å². The molecule has 1 amide bonds. The molecular formula is C26H26F3N5O2. The maximum atomic E-state index is 13.0. The molecule has 7 nitrogen and oxygen atoms in total. The quantitative estimate of drug-likeness (QED) is 0.529. The summed E-state index contributed by atoms with van der Waals surface area (Å²) in [6, 6.07) is 11.3. The predicted octanol–water partition coefficient (Wildman–Crippen LogP) is 5.00. The summed E-state index contributed by atoms with van der Waals surface area (Å²) >= 11 is 0. The maximum absolute atomic E-state index is 13.0. The van der Waals surface area contributed by atoms with Crippen LogP contribution in [0.1, 0.15) is 35.5 Å². The fourth-order valence-electron chi connectivity index (χ4n) is 4.65. The van der Waals surface area contributed by atoms with Gasteiger partial charge in [-0.25, -0.2) is 9.97 Å². The Bertz CT molecular complexity index is 1290. The Balaban J connectivity index is 1.43. The number of benzene rings is 2. The van der Waals surface area contributed by atoms with Gasteiger partial charge < -0.3 is 20.3 Å². The Kier molecular flexibility index (Phi) is 6.29. The van der Waals surface area contributed by atoms with Gasteiger partial charge in [-0.05, 0) is 44.2 Å². The van der Waals surface area contributed by atoms with Crippen LogP contribution in [0.4, 0.5) is 30.4 Å². The summed E-state index contributed by atoms with van der Waals surface area (Å²) in [5.41, 5.74) is 2.06. The van der Waals surface area contributed by atoms with Crippen molar-refractivity contribution in [2.24, 2.45) is 0 Å². The minimum Gasteiger partial charge on any atom is -0.380 e. The third kappa shape index (κ3) is 4.99. The van der Waals surface area contributed by atoms with Crippen molar-refractivity contribution in [2.45, 2.75) is 38.7 Å². The molecule has 2 aliphatic heterocycles. The molecule has 2 aromatic carbocycles. The van der Waals surface area contributed by atoms with Gasteiger partial charge in [0.15, 0.2) is 11.6 Å². The first kappa shape index (κ1) is 24.1. The monoisotopic (exact) mass is 497 g/mol. The van der Waals surface area contributed by atoms with E-state index in [1.54, 1.807) is 18.2 Å². The van der Waals surface area contributed by atoms with E-state index in [2.05, 4.69) is 15.5 Å². The van der Waals surface area contributed by atoms with Crippen LogP contribution in [-0.2, 0) is 17.3 Å². The van der Waals surface area contributed by atoms with Crippen molar-refractivity contribution in [3.05, 3.63) is 65.4 Å². The molecule has 0 spiro atoms. The van der Waals surface area contributed by atoms with Gasteiger partial charge in [-0.1, -0.05) is 18.2 Å². The zero-order chi connectivity index (χ0) is 25.4. The maximum Gasteiger partial charge on any atom is 0.416 e. The highest BCUT2D eigenvalue weighted by Crippen LogP contribution is 2.35. The van der Waals surface area contributed by atoms with E-state index in [0.717, 1.165) is 42.3 Å². The third-order valence-corrected chi connectivity index (χ3v) is 6.18. The van der Waals surface area contributed by atoms with Gasteiger partial charge in [-0.15, -0.1) is 0 Å². The molecule has 36 heavy (non-hydrogen) atoms. The lowest BCUT2D eigenvalue weighted by atomic mass is 10.1. The van der Waals surface area contributed by atoms with Crippen molar-refractivity contribution >= 4 is 23.1 Å². The van der Waals surface area contributed by atoms with Crippen molar-refractivity contribution in [3.63, 3.8) is 0 Å². The van der Waals surface area contributed by atoms with Crippen LogP contribution in [0, 0.1) is 0 Å². The summed E-state index contributed by atoms with van der Waals surface area (Å²) < 4.78 is 45.0. The van der Waals surface area contributed by atoms with E-state index in [0.29, 0.717) is 30.2 Å². The highest BCUT2D eigenvalue weighted by molar-refractivity contribution is 6.04. The lowest BCUT2D eigenvalue weighted by Gasteiger charge is -2.36. The number of morpholine rings is 1. The van der Waals surface area contributed by atoms with Gasteiger partial charge in [0.2, 0.25) is 0 Å². The number of rotatable bonds is 4. The van der Waals surface area contributed by atoms with E-state index in [4.69, 9.17) is 14.7 Å². The topological polar surface area (TPSA) is 79.4 Å². The van der Waals surface area contributed by atoms with Gasteiger partial charge in [0.25, 0.3) is 5.91 Å². The molecule has 10 heteroatoms. The van der Waals surface area contributed by atoms with E-state index in [9.17, 15) is 18.0 Å². The highest BCUT2D eigenvalue weighted by atomic mass is 19.4. The summed E-state index contributed by atoms with van der Waals surface area (Å²) in [5.74, 6) is 0.719. The third-order valence-electron chi connectivity index (χ3n) is 6.18. The number of nitrogens with zero attached hydrogens (tertiary/aromatic N) is 3. The minimum atomic E-state index is -4.52. The normalized spacial score (nSPS) is 19.5. The van der Waals surface area contributed by atoms with Gasteiger partial charge in [0.05, 0.1) is 29.2 Å². The average molecular weight is 498 g/mol. The lowest BCUT2D eigenvalue weighted by Crippen LogP contribution is -2.46. The van der Waals surface area contributed by atoms with E-state index < -0.39 is 17.6 Å². The first-order valence-electron chi connectivity index (χ1n) is 11.8. The standard InChI is InChI=1S/C26H26F3N5O2/c1-15-13-34(14-16(2)36-15)24-22-21(9-10-30-22)32-23(33-24)17-5-4-8-20(12-17)31-25(35)18-6-3-7-19(11-18)26(27,28)29/h3-8,11-12,15-16,30H,9-10,13-14H2,1-2H3,(H,31,35). The first-order chi connectivity index (χ1) is 17.2. The van der Waals surface area contributed by atoms with Crippen LogP contribution in [-0.4, -0.2) is 47.7 Å². The molecule has 1 saturated heterocycles. The molecule has 3 aromatic rings. The number of carbonyl (C=O) groups excluding carboxylic acids is 1. The van der Waals surface area contributed by atoms with E-state index in [1.807, 2.05) is 19.9 Å². The van der Waals surface area contributed by atoms with Crippen molar-refractivity contribution in [1.82, 2.24) is 9.97 Å². The summed E-state index contributed by atoms with van der Waals surface area (Å²) in [6.45, 7) is 6.27. The molecule has 188 valence electrons. The van der Waals surface area contributed by atoms with Crippen LogP contribution in [0.25, 0.3) is 11.4 Å². The second kappa shape index (κ2) is 9.42. The Morgan fingerprint density at radius 3 is 2.58 bits per heavy atom. The number of nitrogens with one attached hydrogen (secondary N) is 2. The number of hydrogen-bond donors (Lipinski definition) is 2. The van der Waals surface area contributed by atoms with E-state index >= 15 is 0 Å².